The number of ether oxygens (including phenoxy) is 2. The lowest BCUT2D eigenvalue weighted by Gasteiger charge is -2.14. The molecule has 130 valence electrons. The van der Waals surface area contributed by atoms with Gasteiger partial charge in [-0.2, -0.15) is 0 Å². The van der Waals surface area contributed by atoms with Crippen LogP contribution in [0.25, 0.3) is 0 Å². The average Bonchev–Trinajstić information content (AvgIpc) is 2.66. The van der Waals surface area contributed by atoms with Crippen LogP contribution in [0.2, 0.25) is 0 Å². The number of nitrogens with one attached hydrogen (secondary N) is 2. The molecule has 6 heteroatoms. The van der Waals surface area contributed by atoms with Gasteiger partial charge in [-0.05, 0) is 30.7 Å². The zero-order chi connectivity index (χ0) is 18.2. The summed E-state index contributed by atoms with van der Waals surface area (Å²) in [5, 5.41) is 0. The van der Waals surface area contributed by atoms with Crippen LogP contribution >= 0.6 is 0 Å². The van der Waals surface area contributed by atoms with Gasteiger partial charge in [-0.25, -0.2) is 0 Å². The van der Waals surface area contributed by atoms with Crippen LogP contribution in [-0.2, 0) is 6.42 Å². The Morgan fingerprint density at radius 3 is 2.20 bits per heavy atom. The molecule has 0 heterocycles. The Morgan fingerprint density at radius 1 is 1.00 bits per heavy atom. The van der Waals surface area contributed by atoms with Crippen LogP contribution < -0.4 is 20.3 Å². The number of hydrazine groups is 1. The van der Waals surface area contributed by atoms with Crippen LogP contribution in [-0.4, -0.2) is 26.0 Å². The molecule has 0 spiro atoms. The Labute approximate surface area is 146 Å². The highest BCUT2D eigenvalue weighted by atomic mass is 16.5. The summed E-state index contributed by atoms with van der Waals surface area (Å²) < 4.78 is 10.6. The van der Waals surface area contributed by atoms with E-state index in [-0.39, 0.29) is 0 Å². The molecule has 0 aliphatic heterocycles. The number of methoxy groups -OCH3 is 2. The second kappa shape index (κ2) is 8.54. The fourth-order valence-electron chi connectivity index (χ4n) is 2.33. The van der Waals surface area contributed by atoms with Crippen LogP contribution in [0.3, 0.4) is 0 Å². The molecule has 0 aromatic heterocycles. The average molecular weight is 340 g/mol. The van der Waals surface area contributed by atoms with Gasteiger partial charge in [0, 0.05) is 16.7 Å². The van der Waals surface area contributed by atoms with E-state index in [1.807, 2.05) is 0 Å². The van der Waals surface area contributed by atoms with Gasteiger partial charge in [-0.3, -0.25) is 20.4 Å². The van der Waals surface area contributed by atoms with Crippen LogP contribution in [0.5, 0.6) is 11.5 Å². The number of carbonyl (C=O) groups excluding carboxylic acids is 2. The zero-order valence-electron chi connectivity index (χ0n) is 14.2. The number of allylic oxidation sites excluding steroid dienone is 1. The smallest absolute Gasteiger partial charge is 0.269 e. The first-order valence-electron chi connectivity index (χ1n) is 7.62. The van der Waals surface area contributed by atoms with E-state index in [1.165, 1.54) is 14.2 Å². The van der Waals surface area contributed by atoms with Gasteiger partial charge >= 0.3 is 0 Å². The molecular weight excluding hydrogens is 320 g/mol. The third kappa shape index (κ3) is 4.38. The first kappa shape index (κ1) is 18.1. The zero-order valence-corrected chi connectivity index (χ0v) is 14.2. The summed E-state index contributed by atoms with van der Waals surface area (Å²) in [6, 6.07) is 11.8. The lowest BCUT2D eigenvalue weighted by atomic mass is 10.1. The van der Waals surface area contributed by atoms with Crippen LogP contribution in [0.15, 0.2) is 55.1 Å². The van der Waals surface area contributed by atoms with E-state index in [2.05, 4.69) is 17.4 Å². The maximum Gasteiger partial charge on any atom is 0.269 e. The van der Waals surface area contributed by atoms with Crippen molar-refractivity contribution in [2.75, 3.05) is 14.2 Å². The summed E-state index contributed by atoms with van der Waals surface area (Å²) in [5.74, 6) is 0.116. The van der Waals surface area contributed by atoms with Gasteiger partial charge in [0.15, 0.2) is 11.5 Å². The van der Waals surface area contributed by atoms with Gasteiger partial charge in [0.05, 0.1) is 14.2 Å². The Hall–Kier alpha value is -3.28. The molecule has 0 saturated carbocycles. The third-order valence-electron chi connectivity index (χ3n) is 3.51. The van der Waals surface area contributed by atoms with Crippen molar-refractivity contribution < 1.29 is 19.1 Å². The Morgan fingerprint density at radius 2 is 1.64 bits per heavy atom. The predicted molar refractivity (Wildman–Crippen MR) is 94.8 cm³/mol. The topological polar surface area (TPSA) is 76.7 Å². The molecule has 0 atom stereocenters. The Balaban J connectivity index is 2.17. The molecule has 0 radical (unpaired) electrons. The minimum atomic E-state index is -0.462. The molecule has 0 aliphatic rings. The van der Waals surface area contributed by atoms with E-state index in [4.69, 9.17) is 9.47 Å². The van der Waals surface area contributed by atoms with Crippen LogP contribution in [0.4, 0.5) is 0 Å². The number of carbonyl (C=O) groups is 2. The van der Waals surface area contributed by atoms with E-state index in [1.54, 1.807) is 48.5 Å². The molecule has 0 saturated heterocycles. The van der Waals surface area contributed by atoms with Gasteiger partial charge in [0.2, 0.25) is 0 Å². The Kier molecular flexibility index (Phi) is 6.17. The largest absolute Gasteiger partial charge is 0.493 e. The van der Waals surface area contributed by atoms with Crippen molar-refractivity contribution >= 4 is 11.8 Å². The first-order chi connectivity index (χ1) is 12.1. The van der Waals surface area contributed by atoms with Gasteiger partial charge in [0.25, 0.3) is 11.8 Å². The van der Waals surface area contributed by atoms with E-state index in [0.717, 1.165) is 5.56 Å². The van der Waals surface area contributed by atoms with Crippen LogP contribution in [0.1, 0.15) is 26.3 Å². The standard InChI is InChI=1S/C19H20N2O4/c1-4-8-14-11-15(12-16(24-2)17(14)25-3)19(23)21-20-18(22)13-9-6-5-7-10-13/h4-7,9-12H,1,8H2,2-3H3,(H,20,22)(H,21,23). The van der Waals surface area contributed by atoms with Crippen molar-refractivity contribution in [3.63, 3.8) is 0 Å². The second-order valence-electron chi connectivity index (χ2n) is 5.14. The highest BCUT2D eigenvalue weighted by Crippen LogP contribution is 2.33. The van der Waals surface area contributed by atoms with Gasteiger partial charge in [-0.1, -0.05) is 24.3 Å². The summed E-state index contributed by atoms with van der Waals surface area (Å²) in [6.45, 7) is 3.70. The minimum Gasteiger partial charge on any atom is -0.493 e. The van der Waals surface area contributed by atoms with E-state index in [0.29, 0.717) is 29.0 Å². The van der Waals surface area contributed by atoms with E-state index < -0.39 is 11.8 Å². The minimum absolute atomic E-state index is 0.336. The van der Waals surface area contributed by atoms with Crippen molar-refractivity contribution in [3.8, 4) is 11.5 Å². The lowest BCUT2D eigenvalue weighted by molar-refractivity contribution is 0.0846. The second-order valence-corrected chi connectivity index (χ2v) is 5.14. The van der Waals surface area contributed by atoms with E-state index >= 15 is 0 Å². The highest BCUT2D eigenvalue weighted by Gasteiger charge is 2.16. The molecule has 0 bridgehead atoms. The van der Waals surface area contributed by atoms with Crippen molar-refractivity contribution in [3.05, 3.63) is 71.8 Å². The summed E-state index contributed by atoms with van der Waals surface area (Å²) in [4.78, 5) is 24.3. The van der Waals surface area contributed by atoms with E-state index in [9.17, 15) is 9.59 Å². The van der Waals surface area contributed by atoms with Crippen molar-refractivity contribution in [1.29, 1.82) is 0 Å². The van der Waals surface area contributed by atoms with Crippen molar-refractivity contribution in [2.24, 2.45) is 0 Å². The quantitative estimate of drug-likeness (QED) is 0.626. The molecular formula is C19H20N2O4. The maximum atomic E-state index is 12.4. The van der Waals surface area contributed by atoms with Crippen LogP contribution in [0, 0.1) is 0 Å². The molecule has 6 nitrogen and oxygen atoms in total. The van der Waals surface area contributed by atoms with Gasteiger partial charge in [0.1, 0.15) is 0 Å². The summed E-state index contributed by atoms with van der Waals surface area (Å²) >= 11 is 0. The van der Waals surface area contributed by atoms with Crippen molar-refractivity contribution in [2.45, 2.75) is 6.42 Å². The number of rotatable bonds is 6. The third-order valence-corrected chi connectivity index (χ3v) is 3.51. The monoisotopic (exact) mass is 340 g/mol. The molecule has 2 aromatic rings. The fourth-order valence-corrected chi connectivity index (χ4v) is 2.33. The lowest BCUT2D eigenvalue weighted by Crippen LogP contribution is -2.41. The molecule has 2 N–H and O–H groups in total. The highest BCUT2D eigenvalue weighted by molar-refractivity contribution is 5.99. The molecule has 2 aromatic carbocycles. The number of hydrogen-bond donors (Lipinski definition) is 2. The number of amides is 2. The molecule has 25 heavy (non-hydrogen) atoms. The normalized spacial score (nSPS) is 9.84. The van der Waals surface area contributed by atoms with Crippen molar-refractivity contribution in [1.82, 2.24) is 10.9 Å². The molecule has 2 amide bonds. The summed E-state index contributed by atoms with van der Waals surface area (Å²) in [5.41, 5.74) is 6.32. The first-order valence-corrected chi connectivity index (χ1v) is 7.62. The Bertz CT molecular complexity index is 772. The number of hydrogen-bond acceptors (Lipinski definition) is 4. The van der Waals surface area contributed by atoms with Gasteiger partial charge < -0.3 is 9.47 Å². The number of benzene rings is 2. The SMILES string of the molecule is C=CCc1cc(C(=O)NNC(=O)c2ccccc2)cc(OC)c1OC. The predicted octanol–water partition coefficient (Wildman–Crippen LogP) is 2.51. The molecule has 0 aliphatic carbocycles. The summed E-state index contributed by atoms with van der Waals surface area (Å²) in [7, 11) is 3.03. The fraction of sp³-hybridized carbons (Fsp3) is 0.158. The summed E-state index contributed by atoms with van der Waals surface area (Å²) in [6.07, 6.45) is 2.22. The molecule has 0 fully saturated rings. The van der Waals surface area contributed by atoms with Gasteiger partial charge in [-0.15, -0.1) is 6.58 Å². The molecule has 0 unspecified atom stereocenters. The molecule has 2 rings (SSSR count). The maximum absolute atomic E-state index is 12.4.